The lowest BCUT2D eigenvalue weighted by Crippen LogP contribution is -1.74. The van der Waals surface area contributed by atoms with E-state index >= 15 is 0 Å². The van der Waals surface area contributed by atoms with Gasteiger partial charge in [-0.1, -0.05) is 0 Å². The smallest absolute Gasteiger partial charge is 0.0485 e. The first-order chi connectivity index (χ1) is 2.00. The lowest BCUT2D eigenvalue weighted by molar-refractivity contribution is 0.824. The van der Waals surface area contributed by atoms with Crippen LogP contribution in [0.4, 0.5) is 0 Å². The van der Waals surface area contributed by atoms with Crippen molar-refractivity contribution in [3.05, 3.63) is 0 Å². The van der Waals surface area contributed by atoms with Crippen molar-refractivity contribution in [1.82, 2.24) is 0 Å². The van der Waals surface area contributed by atoms with Crippen LogP contribution in [-0.4, -0.2) is 32.1 Å². The molecule has 0 aliphatic heterocycles. The Morgan fingerprint density at radius 3 is 0.833 bits per heavy atom. The highest BCUT2D eigenvalue weighted by Gasteiger charge is 1.91. The predicted octanol–water partition coefficient (Wildman–Crippen LogP) is 0.698. The number of hydrogen-bond donors (Lipinski definition) is 0. The highest BCUT2D eigenvalue weighted by Crippen LogP contribution is 2.40. The fourth-order valence-electron chi connectivity index (χ4n) is 0. The lowest BCUT2D eigenvalue weighted by Gasteiger charge is -2.09. The van der Waals surface area contributed by atoms with E-state index in [1.807, 2.05) is 0 Å². The molecule has 0 rings (SSSR count). The van der Waals surface area contributed by atoms with Crippen LogP contribution in [0.2, 0.25) is 0 Å². The molecular formula is C4H14OP. The summed E-state index contributed by atoms with van der Waals surface area (Å²) in [7, 11) is -0.389. The summed E-state index contributed by atoms with van der Waals surface area (Å²) in [5.74, 6) is 0. The molecule has 0 atom stereocenters. The van der Waals surface area contributed by atoms with Gasteiger partial charge in [-0.25, -0.2) is 0 Å². The Hall–Kier alpha value is 0.390. The third kappa shape index (κ3) is 332. The molecule has 0 saturated carbocycles. The van der Waals surface area contributed by atoms with Gasteiger partial charge in [0.25, 0.3) is 0 Å². The van der Waals surface area contributed by atoms with Crippen LogP contribution in [0.25, 0.3) is 0 Å². The van der Waals surface area contributed by atoms with Crippen molar-refractivity contribution in [2.24, 2.45) is 0 Å². The second kappa shape index (κ2) is 2.54. The van der Waals surface area contributed by atoms with Crippen molar-refractivity contribution in [1.29, 1.82) is 0 Å². The SMILES string of the molecule is C[P](C)(C)C.O. The van der Waals surface area contributed by atoms with Gasteiger partial charge >= 0.3 is 0 Å². The van der Waals surface area contributed by atoms with Crippen molar-refractivity contribution in [3.63, 3.8) is 0 Å². The minimum atomic E-state index is -0.389. The molecule has 0 unspecified atom stereocenters. The molecule has 0 bridgehead atoms. The van der Waals surface area contributed by atoms with Gasteiger partial charge in [-0.2, -0.15) is 0 Å². The Morgan fingerprint density at radius 2 is 0.833 bits per heavy atom. The molecule has 0 fully saturated rings. The highest BCUT2D eigenvalue weighted by atomic mass is 31.2. The van der Waals surface area contributed by atoms with Gasteiger partial charge in [-0.3, -0.25) is 0 Å². The van der Waals surface area contributed by atoms with Crippen LogP contribution in [0.5, 0.6) is 0 Å². The maximum Gasteiger partial charge on any atom is -0.0485 e. The topological polar surface area (TPSA) is 31.5 Å². The molecule has 1 nitrogen and oxygen atoms in total. The zero-order valence-corrected chi connectivity index (χ0v) is 5.84. The Bertz CT molecular complexity index is 23.0. The Labute approximate surface area is 40.4 Å². The third-order valence-corrected chi connectivity index (χ3v) is 0. The highest BCUT2D eigenvalue weighted by molar-refractivity contribution is 7.72. The molecule has 0 aromatic carbocycles. The molecule has 1 radical (unpaired) electrons. The third-order valence-electron chi connectivity index (χ3n) is 0. The second-order valence-electron chi connectivity index (χ2n) is 2.68. The quantitative estimate of drug-likeness (QED) is 0.410. The van der Waals surface area contributed by atoms with E-state index in [0.29, 0.717) is 0 Å². The van der Waals surface area contributed by atoms with Crippen LogP contribution in [-0.2, 0) is 0 Å². The summed E-state index contributed by atoms with van der Waals surface area (Å²) in [6, 6.07) is 0. The zero-order chi connectivity index (χ0) is 4.50. The van der Waals surface area contributed by atoms with Crippen molar-refractivity contribution in [3.8, 4) is 0 Å². The maximum atomic E-state index is 2.30. The standard InChI is InChI=1S/C4H12P.H2O/c1-5(2,3)4;/h1-4H3;1H2. The summed E-state index contributed by atoms with van der Waals surface area (Å²) < 4.78 is 0. The van der Waals surface area contributed by atoms with Crippen LogP contribution < -0.4 is 0 Å². The van der Waals surface area contributed by atoms with E-state index in [4.69, 9.17) is 0 Å². The molecule has 41 valence electrons. The maximum absolute atomic E-state index is 2.30. The van der Waals surface area contributed by atoms with Crippen LogP contribution in [0.1, 0.15) is 0 Å². The first-order valence-corrected chi connectivity index (χ1v) is 5.37. The Morgan fingerprint density at radius 1 is 0.833 bits per heavy atom. The van der Waals surface area contributed by atoms with E-state index in [1.165, 1.54) is 0 Å². The fraction of sp³-hybridized carbons (Fsp3) is 1.00. The van der Waals surface area contributed by atoms with Crippen molar-refractivity contribution >= 4 is 7.26 Å². The summed E-state index contributed by atoms with van der Waals surface area (Å²) >= 11 is 0. The van der Waals surface area contributed by atoms with Crippen LogP contribution >= 0.6 is 7.26 Å². The van der Waals surface area contributed by atoms with Gasteiger partial charge in [0.05, 0.1) is 0 Å². The molecule has 0 saturated heterocycles. The van der Waals surface area contributed by atoms with E-state index in [0.717, 1.165) is 0 Å². The van der Waals surface area contributed by atoms with Crippen LogP contribution in [0.15, 0.2) is 0 Å². The van der Waals surface area contributed by atoms with E-state index < -0.39 is 0 Å². The van der Waals surface area contributed by atoms with Crippen LogP contribution in [0, 0.1) is 0 Å². The largest absolute Gasteiger partial charge is 0.412 e. The van der Waals surface area contributed by atoms with E-state index in [-0.39, 0.29) is 12.7 Å². The molecule has 0 aliphatic rings. The van der Waals surface area contributed by atoms with E-state index in [1.54, 1.807) is 0 Å². The van der Waals surface area contributed by atoms with Crippen molar-refractivity contribution < 1.29 is 5.48 Å². The molecule has 0 aromatic rings. The molecule has 0 aromatic heterocycles. The van der Waals surface area contributed by atoms with Gasteiger partial charge in [0.1, 0.15) is 0 Å². The first-order valence-electron chi connectivity index (χ1n) is 1.79. The number of rotatable bonds is 0. The molecule has 0 amide bonds. The molecule has 2 heteroatoms. The minimum absolute atomic E-state index is 0. The van der Waals surface area contributed by atoms with Gasteiger partial charge in [-0.15, -0.1) is 7.26 Å². The zero-order valence-electron chi connectivity index (χ0n) is 4.95. The summed E-state index contributed by atoms with van der Waals surface area (Å²) in [5, 5.41) is 0. The first kappa shape index (κ1) is 9.63. The minimum Gasteiger partial charge on any atom is -0.412 e. The molecular weight excluding hydrogens is 95.0 g/mol. The second-order valence-corrected chi connectivity index (χ2v) is 8.05. The average molecular weight is 109 g/mol. The Kier molecular flexibility index (Phi) is 4.08. The summed E-state index contributed by atoms with van der Waals surface area (Å²) in [6.07, 6.45) is 0. The molecule has 6 heavy (non-hydrogen) atoms. The summed E-state index contributed by atoms with van der Waals surface area (Å²) in [4.78, 5) is 0. The average Bonchev–Trinajstić information content (AvgIpc) is 0.722. The number of hydrogen-bond acceptors (Lipinski definition) is 0. The lowest BCUT2D eigenvalue weighted by atomic mass is 11.8. The van der Waals surface area contributed by atoms with Crippen molar-refractivity contribution in [2.75, 3.05) is 26.7 Å². The fourth-order valence-corrected chi connectivity index (χ4v) is 0. The Balaban J connectivity index is 0. The van der Waals surface area contributed by atoms with Gasteiger partial charge in [0.15, 0.2) is 0 Å². The summed E-state index contributed by atoms with van der Waals surface area (Å²) in [5.41, 5.74) is 0. The normalized spacial score (nSPS) is 10.0. The molecule has 2 N–H and O–H groups in total. The van der Waals surface area contributed by atoms with Crippen molar-refractivity contribution in [2.45, 2.75) is 0 Å². The monoisotopic (exact) mass is 109 g/mol. The predicted molar refractivity (Wildman–Crippen MR) is 34.2 cm³/mol. The van der Waals surface area contributed by atoms with Gasteiger partial charge in [0, 0.05) is 0 Å². The van der Waals surface area contributed by atoms with E-state index in [2.05, 4.69) is 26.7 Å². The molecule has 0 aliphatic carbocycles. The summed E-state index contributed by atoms with van der Waals surface area (Å²) in [6.45, 7) is 9.19. The molecule has 0 heterocycles. The van der Waals surface area contributed by atoms with Crippen LogP contribution in [0.3, 0.4) is 0 Å². The molecule has 0 spiro atoms. The van der Waals surface area contributed by atoms with E-state index in [9.17, 15) is 0 Å². The van der Waals surface area contributed by atoms with Gasteiger partial charge in [0.2, 0.25) is 0 Å². The van der Waals surface area contributed by atoms with Gasteiger partial charge < -0.3 is 5.48 Å². The van der Waals surface area contributed by atoms with Gasteiger partial charge in [-0.05, 0) is 26.7 Å².